The predicted molar refractivity (Wildman–Crippen MR) is 46.6 cm³/mol. The molecule has 0 atom stereocenters. The van der Waals surface area contributed by atoms with Gasteiger partial charge < -0.3 is 5.41 Å². The van der Waals surface area contributed by atoms with E-state index in [1.165, 1.54) is 19.1 Å². The van der Waals surface area contributed by atoms with E-state index in [1.54, 1.807) is 6.08 Å². The molecule has 0 aromatic rings. The van der Waals surface area contributed by atoms with Crippen molar-refractivity contribution in [3.63, 3.8) is 0 Å². The maximum atomic E-state index is 6.68. The lowest BCUT2D eigenvalue weighted by molar-refractivity contribution is 0.954. The van der Waals surface area contributed by atoms with Gasteiger partial charge in [0.1, 0.15) is 0 Å². The Balaban J connectivity index is 3.17. The van der Waals surface area contributed by atoms with Gasteiger partial charge >= 0.3 is 0 Å². The van der Waals surface area contributed by atoms with Crippen LogP contribution >= 0.6 is 0 Å². The van der Waals surface area contributed by atoms with Crippen molar-refractivity contribution in [3.05, 3.63) is 24.3 Å². The van der Waals surface area contributed by atoms with E-state index < -0.39 is 0 Å². The zero-order valence-corrected chi connectivity index (χ0v) is 6.51. The van der Waals surface area contributed by atoms with E-state index in [4.69, 9.17) is 5.41 Å². The van der Waals surface area contributed by atoms with Crippen LogP contribution in [0.15, 0.2) is 24.3 Å². The molecule has 0 amide bonds. The quantitative estimate of drug-likeness (QED) is 0.445. The smallest absolute Gasteiger partial charge is 0.0174 e. The second-order valence-corrected chi connectivity index (χ2v) is 2.09. The molecule has 0 aliphatic carbocycles. The molecule has 56 valence electrons. The molecule has 1 heteroatoms. The number of rotatable bonds is 5. The summed E-state index contributed by atoms with van der Waals surface area (Å²) in [6.45, 7) is 2.16. The van der Waals surface area contributed by atoms with Gasteiger partial charge in [-0.15, -0.1) is 0 Å². The van der Waals surface area contributed by atoms with Gasteiger partial charge in [0.05, 0.1) is 0 Å². The van der Waals surface area contributed by atoms with Gasteiger partial charge in [0.15, 0.2) is 0 Å². The topological polar surface area (TPSA) is 23.9 Å². The van der Waals surface area contributed by atoms with Crippen molar-refractivity contribution in [1.29, 1.82) is 5.41 Å². The summed E-state index contributed by atoms with van der Waals surface area (Å²) < 4.78 is 0. The zero-order valence-electron chi connectivity index (χ0n) is 6.51. The highest BCUT2D eigenvalue weighted by atomic mass is 14.3. The Kier molecular flexibility index (Phi) is 7.46. The molecular weight excluding hydrogens is 122 g/mol. The lowest BCUT2D eigenvalue weighted by atomic mass is 10.3. The lowest BCUT2D eigenvalue weighted by Gasteiger charge is -1.82. The summed E-state index contributed by atoms with van der Waals surface area (Å²) in [6, 6.07) is 0. The summed E-state index contributed by atoms with van der Waals surface area (Å²) in [4.78, 5) is 0. The number of hydrogen-bond acceptors (Lipinski definition) is 1. The molecule has 10 heavy (non-hydrogen) atoms. The molecule has 0 aromatic heterocycles. The van der Waals surface area contributed by atoms with E-state index >= 15 is 0 Å². The van der Waals surface area contributed by atoms with E-state index in [-0.39, 0.29) is 0 Å². The predicted octanol–water partition coefficient (Wildman–Crippen LogP) is 2.94. The Bertz CT molecular complexity index is 123. The van der Waals surface area contributed by atoms with Crippen LogP contribution in [0.4, 0.5) is 0 Å². The van der Waals surface area contributed by atoms with Crippen molar-refractivity contribution in [2.75, 3.05) is 0 Å². The zero-order chi connectivity index (χ0) is 7.66. The molecule has 0 aliphatic rings. The highest BCUT2D eigenvalue weighted by Crippen LogP contribution is 1.91. The van der Waals surface area contributed by atoms with Crippen LogP contribution in [0.25, 0.3) is 0 Å². The molecule has 0 aliphatic heterocycles. The monoisotopic (exact) mass is 137 g/mol. The molecule has 0 saturated heterocycles. The van der Waals surface area contributed by atoms with Crippen LogP contribution in [0.1, 0.15) is 26.2 Å². The van der Waals surface area contributed by atoms with Crippen LogP contribution in [0.3, 0.4) is 0 Å². The Labute approximate surface area is 63.0 Å². The summed E-state index contributed by atoms with van der Waals surface area (Å²) in [5.41, 5.74) is 0. The number of unbranched alkanes of at least 4 members (excludes halogenated alkanes) is 1. The molecule has 1 nitrogen and oxygen atoms in total. The average molecular weight is 137 g/mol. The lowest BCUT2D eigenvalue weighted by Crippen LogP contribution is -1.62. The van der Waals surface area contributed by atoms with Crippen LogP contribution in [-0.4, -0.2) is 6.21 Å². The standard InChI is InChI=1S/C9H15N/c1-2-3-4-5-6-7-8-9-10/h4-5,7-10H,2-3,6H2,1H3/b5-4-,8-7-,10-9?. The fourth-order valence-electron chi connectivity index (χ4n) is 0.606. The van der Waals surface area contributed by atoms with Gasteiger partial charge in [0.2, 0.25) is 0 Å². The summed E-state index contributed by atoms with van der Waals surface area (Å²) >= 11 is 0. The SMILES string of the molecule is CCC/C=C\C/C=C\C=N. The van der Waals surface area contributed by atoms with Gasteiger partial charge in [-0.05, 0) is 18.9 Å². The van der Waals surface area contributed by atoms with Crippen molar-refractivity contribution in [1.82, 2.24) is 0 Å². The Morgan fingerprint density at radius 1 is 1.20 bits per heavy atom. The highest BCUT2D eigenvalue weighted by Gasteiger charge is 1.71. The highest BCUT2D eigenvalue weighted by molar-refractivity contribution is 5.67. The van der Waals surface area contributed by atoms with E-state index in [1.807, 2.05) is 6.08 Å². The first kappa shape index (κ1) is 9.15. The van der Waals surface area contributed by atoms with Gasteiger partial charge in [-0.3, -0.25) is 0 Å². The molecule has 0 spiro atoms. The van der Waals surface area contributed by atoms with E-state index in [9.17, 15) is 0 Å². The minimum Gasteiger partial charge on any atom is -0.309 e. The first-order valence-electron chi connectivity index (χ1n) is 3.72. The second-order valence-electron chi connectivity index (χ2n) is 2.09. The molecule has 0 rings (SSSR count). The normalized spacial score (nSPS) is 11.3. The molecule has 0 heterocycles. The van der Waals surface area contributed by atoms with Gasteiger partial charge in [0.25, 0.3) is 0 Å². The fourth-order valence-corrected chi connectivity index (χ4v) is 0.606. The summed E-state index contributed by atoms with van der Waals surface area (Å²) in [5, 5.41) is 6.68. The van der Waals surface area contributed by atoms with Crippen molar-refractivity contribution in [3.8, 4) is 0 Å². The van der Waals surface area contributed by atoms with Crippen molar-refractivity contribution in [2.24, 2.45) is 0 Å². The van der Waals surface area contributed by atoms with Gasteiger partial charge in [0, 0.05) is 6.21 Å². The fraction of sp³-hybridized carbons (Fsp3) is 0.444. The van der Waals surface area contributed by atoms with Crippen LogP contribution in [0, 0.1) is 5.41 Å². The number of hydrogen-bond donors (Lipinski definition) is 1. The molecule has 0 fully saturated rings. The van der Waals surface area contributed by atoms with Gasteiger partial charge in [-0.2, -0.15) is 0 Å². The minimum absolute atomic E-state index is 0.954. The van der Waals surface area contributed by atoms with Crippen LogP contribution in [0.2, 0.25) is 0 Å². The maximum Gasteiger partial charge on any atom is 0.0174 e. The Morgan fingerprint density at radius 2 is 2.00 bits per heavy atom. The molecule has 1 N–H and O–H groups in total. The van der Waals surface area contributed by atoms with Crippen molar-refractivity contribution < 1.29 is 0 Å². The molecular formula is C9H15N. The van der Waals surface area contributed by atoms with Crippen LogP contribution in [0.5, 0.6) is 0 Å². The van der Waals surface area contributed by atoms with Gasteiger partial charge in [-0.1, -0.05) is 31.6 Å². The Morgan fingerprint density at radius 3 is 2.60 bits per heavy atom. The average Bonchev–Trinajstić information content (AvgIpc) is 1.97. The van der Waals surface area contributed by atoms with Gasteiger partial charge in [-0.25, -0.2) is 0 Å². The first-order valence-corrected chi connectivity index (χ1v) is 3.72. The first-order chi connectivity index (χ1) is 4.91. The van der Waals surface area contributed by atoms with Crippen LogP contribution < -0.4 is 0 Å². The second kappa shape index (κ2) is 8.15. The van der Waals surface area contributed by atoms with E-state index in [0.717, 1.165) is 6.42 Å². The largest absolute Gasteiger partial charge is 0.309 e. The third-order valence-electron chi connectivity index (χ3n) is 1.13. The summed E-state index contributed by atoms with van der Waals surface area (Å²) in [5.74, 6) is 0. The van der Waals surface area contributed by atoms with E-state index in [0.29, 0.717) is 0 Å². The molecule has 0 bridgehead atoms. The Hall–Kier alpha value is -0.850. The van der Waals surface area contributed by atoms with Crippen LogP contribution in [-0.2, 0) is 0 Å². The molecule has 0 unspecified atom stereocenters. The minimum atomic E-state index is 0.954. The molecule has 0 aromatic carbocycles. The van der Waals surface area contributed by atoms with Crippen molar-refractivity contribution >= 4 is 6.21 Å². The third-order valence-corrected chi connectivity index (χ3v) is 1.13. The third kappa shape index (κ3) is 7.15. The summed E-state index contributed by atoms with van der Waals surface area (Å²) in [6.07, 6.45) is 12.7. The van der Waals surface area contributed by atoms with Crippen molar-refractivity contribution in [2.45, 2.75) is 26.2 Å². The summed E-state index contributed by atoms with van der Waals surface area (Å²) in [7, 11) is 0. The van der Waals surface area contributed by atoms with E-state index in [2.05, 4.69) is 19.1 Å². The maximum absolute atomic E-state index is 6.68. The molecule has 0 saturated carbocycles. The number of allylic oxidation sites excluding steroid dienone is 4. The molecule has 0 radical (unpaired) electrons. The number of nitrogens with one attached hydrogen (secondary N) is 1.